The summed E-state index contributed by atoms with van der Waals surface area (Å²) in [7, 11) is -0.591. The average Bonchev–Trinajstić information content (AvgIpc) is 2.13. The molecule has 2 nitrogen and oxygen atoms in total. The molecule has 3 unspecified atom stereocenters. The third-order valence-corrected chi connectivity index (χ3v) is 3.87. The topological polar surface area (TPSA) is 29.1 Å². The molecule has 1 heterocycles. The van der Waals surface area contributed by atoms with Gasteiger partial charge in [-0.3, -0.25) is 4.21 Å². The summed E-state index contributed by atoms with van der Waals surface area (Å²) in [4.78, 5) is 0. The summed E-state index contributed by atoms with van der Waals surface area (Å²) in [6.07, 6.45) is 1.05. The van der Waals surface area contributed by atoms with Crippen molar-refractivity contribution in [3.05, 3.63) is 0 Å². The van der Waals surface area contributed by atoms with Crippen molar-refractivity contribution in [1.29, 1.82) is 0 Å². The minimum Gasteiger partial charge on any atom is -0.310 e. The Hall–Kier alpha value is 0.110. The van der Waals surface area contributed by atoms with E-state index in [0.29, 0.717) is 18.0 Å². The molecule has 0 bridgehead atoms. The van der Waals surface area contributed by atoms with Gasteiger partial charge in [-0.05, 0) is 19.3 Å². The Morgan fingerprint density at radius 1 is 1.50 bits per heavy atom. The maximum atomic E-state index is 11.4. The summed E-state index contributed by atoms with van der Waals surface area (Å²) in [6.45, 7) is 6.55. The van der Waals surface area contributed by atoms with Crippen molar-refractivity contribution in [3.8, 4) is 0 Å². The number of nitrogens with one attached hydrogen (secondary N) is 1. The van der Waals surface area contributed by atoms with E-state index in [2.05, 4.69) is 26.1 Å². The van der Waals surface area contributed by atoms with E-state index in [0.717, 1.165) is 17.9 Å². The van der Waals surface area contributed by atoms with Gasteiger partial charge in [0.05, 0.1) is 0 Å². The predicted molar refractivity (Wildman–Crippen MR) is 53.7 cm³/mol. The molecule has 12 heavy (non-hydrogen) atoms. The van der Waals surface area contributed by atoms with Crippen LogP contribution in [0, 0.1) is 5.92 Å². The summed E-state index contributed by atoms with van der Waals surface area (Å²) in [6, 6.07) is 0.979. The molecule has 0 aromatic carbocycles. The molecule has 0 aromatic rings. The highest BCUT2D eigenvalue weighted by molar-refractivity contribution is 7.85. The molecule has 0 aromatic heterocycles. The molecule has 3 atom stereocenters. The van der Waals surface area contributed by atoms with Crippen molar-refractivity contribution in [2.45, 2.75) is 39.3 Å². The van der Waals surface area contributed by atoms with Gasteiger partial charge in [-0.1, -0.05) is 13.8 Å². The molecule has 1 N–H and O–H groups in total. The van der Waals surface area contributed by atoms with E-state index in [1.165, 1.54) is 0 Å². The van der Waals surface area contributed by atoms with Gasteiger partial charge in [-0.15, -0.1) is 0 Å². The summed E-state index contributed by atoms with van der Waals surface area (Å²) in [5, 5.41) is 3.52. The smallest absolute Gasteiger partial charge is 0.0391 e. The molecule has 1 rings (SSSR count). The number of rotatable bonds is 1. The van der Waals surface area contributed by atoms with Crippen LogP contribution < -0.4 is 5.32 Å². The number of hydrogen-bond acceptors (Lipinski definition) is 2. The van der Waals surface area contributed by atoms with Crippen LogP contribution in [0.5, 0.6) is 0 Å². The van der Waals surface area contributed by atoms with Crippen LogP contribution >= 0.6 is 0 Å². The Morgan fingerprint density at radius 2 is 2.17 bits per heavy atom. The fraction of sp³-hybridized carbons (Fsp3) is 1.00. The first-order valence-corrected chi connectivity index (χ1v) is 6.19. The van der Waals surface area contributed by atoms with Crippen molar-refractivity contribution in [1.82, 2.24) is 5.32 Å². The van der Waals surface area contributed by atoms with Crippen LogP contribution in [0.2, 0.25) is 0 Å². The second-order valence-electron chi connectivity index (χ2n) is 4.02. The normalized spacial score (nSPS) is 38.2. The first-order valence-electron chi connectivity index (χ1n) is 4.70. The second-order valence-corrected chi connectivity index (χ2v) is 5.64. The maximum absolute atomic E-state index is 11.4. The lowest BCUT2D eigenvalue weighted by Gasteiger charge is -2.22. The van der Waals surface area contributed by atoms with E-state index < -0.39 is 10.8 Å². The van der Waals surface area contributed by atoms with Gasteiger partial charge in [0.15, 0.2) is 0 Å². The van der Waals surface area contributed by atoms with E-state index in [-0.39, 0.29) is 0 Å². The SMILES string of the molecule is CC1CCS(=O)CC(C(C)C)N1. The van der Waals surface area contributed by atoms with Gasteiger partial charge >= 0.3 is 0 Å². The fourth-order valence-corrected chi connectivity index (χ4v) is 3.14. The van der Waals surface area contributed by atoms with Crippen LogP contribution in [0.1, 0.15) is 27.2 Å². The van der Waals surface area contributed by atoms with E-state index in [4.69, 9.17) is 0 Å². The first kappa shape index (κ1) is 10.2. The summed E-state index contributed by atoms with van der Waals surface area (Å²) in [5.41, 5.74) is 0. The van der Waals surface area contributed by atoms with E-state index in [9.17, 15) is 4.21 Å². The second kappa shape index (κ2) is 4.38. The third kappa shape index (κ3) is 2.87. The van der Waals surface area contributed by atoms with Crippen molar-refractivity contribution in [2.75, 3.05) is 11.5 Å². The van der Waals surface area contributed by atoms with Crippen LogP contribution in [-0.4, -0.2) is 27.8 Å². The highest BCUT2D eigenvalue weighted by Gasteiger charge is 2.22. The van der Waals surface area contributed by atoms with Crippen LogP contribution in [0.15, 0.2) is 0 Å². The zero-order chi connectivity index (χ0) is 9.14. The van der Waals surface area contributed by atoms with Crippen LogP contribution in [0.3, 0.4) is 0 Å². The van der Waals surface area contributed by atoms with E-state index in [1.807, 2.05) is 0 Å². The minimum absolute atomic E-state index is 0.448. The monoisotopic (exact) mass is 189 g/mol. The van der Waals surface area contributed by atoms with E-state index >= 15 is 0 Å². The first-order chi connectivity index (χ1) is 5.59. The minimum atomic E-state index is -0.591. The summed E-state index contributed by atoms with van der Waals surface area (Å²) < 4.78 is 11.4. The van der Waals surface area contributed by atoms with Crippen molar-refractivity contribution in [3.63, 3.8) is 0 Å². The molecule has 0 amide bonds. The lowest BCUT2D eigenvalue weighted by atomic mass is 10.1. The highest BCUT2D eigenvalue weighted by Crippen LogP contribution is 2.10. The fourth-order valence-electron chi connectivity index (χ4n) is 1.47. The maximum Gasteiger partial charge on any atom is 0.0391 e. The molecule has 0 radical (unpaired) electrons. The van der Waals surface area contributed by atoms with Gasteiger partial charge < -0.3 is 5.32 Å². The lowest BCUT2D eigenvalue weighted by molar-refractivity contribution is 0.390. The molecule has 3 heteroatoms. The molecule has 72 valence electrons. The molecule has 0 aliphatic carbocycles. The zero-order valence-corrected chi connectivity index (χ0v) is 8.99. The predicted octanol–water partition coefficient (Wildman–Crippen LogP) is 1.14. The Balaban J connectivity index is 2.55. The molecule has 0 spiro atoms. The molecule has 1 saturated heterocycles. The molecular weight excluding hydrogens is 170 g/mol. The zero-order valence-electron chi connectivity index (χ0n) is 8.17. The third-order valence-electron chi connectivity index (χ3n) is 2.45. The molecular formula is C9H19NOS. The largest absolute Gasteiger partial charge is 0.310 e. The van der Waals surface area contributed by atoms with Gasteiger partial charge in [-0.25, -0.2) is 0 Å². The average molecular weight is 189 g/mol. The quantitative estimate of drug-likeness (QED) is 0.670. The van der Waals surface area contributed by atoms with Crippen LogP contribution in [-0.2, 0) is 10.8 Å². The van der Waals surface area contributed by atoms with Gasteiger partial charge in [0.2, 0.25) is 0 Å². The Labute approximate surface area is 77.6 Å². The van der Waals surface area contributed by atoms with Crippen LogP contribution in [0.4, 0.5) is 0 Å². The number of hydrogen-bond donors (Lipinski definition) is 1. The Kier molecular flexibility index (Phi) is 3.72. The Morgan fingerprint density at radius 3 is 2.75 bits per heavy atom. The molecule has 1 fully saturated rings. The van der Waals surface area contributed by atoms with Gasteiger partial charge in [0, 0.05) is 34.4 Å². The van der Waals surface area contributed by atoms with Crippen molar-refractivity contribution >= 4 is 10.8 Å². The van der Waals surface area contributed by atoms with Crippen molar-refractivity contribution < 1.29 is 4.21 Å². The highest BCUT2D eigenvalue weighted by atomic mass is 32.2. The standard InChI is InChI=1S/C9H19NOS/c1-7(2)9-6-12(11)5-4-8(3)10-9/h7-10H,4-6H2,1-3H3. The molecule has 1 aliphatic heterocycles. The van der Waals surface area contributed by atoms with Crippen molar-refractivity contribution in [2.24, 2.45) is 5.92 Å². The van der Waals surface area contributed by atoms with Gasteiger partial charge in [0.1, 0.15) is 0 Å². The van der Waals surface area contributed by atoms with Crippen LogP contribution in [0.25, 0.3) is 0 Å². The van der Waals surface area contributed by atoms with E-state index in [1.54, 1.807) is 0 Å². The van der Waals surface area contributed by atoms with Gasteiger partial charge in [-0.2, -0.15) is 0 Å². The molecule has 0 saturated carbocycles. The molecule has 1 aliphatic rings. The Bertz CT molecular complexity index is 170. The van der Waals surface area contributed by atoms with Gasteiger partial charge in [0.25, 0.3) is 0 Å². The lowest BCUT2D eigenvalue weighted by Crippen LogP contribution is -2.40. The summed E-state index contributed by atoms with van der Waals surface area (Å²) >= 11 is 0. The summed E-state index contributed by atoms with van der Waals surface area (Å²) in [5.74, 6) is 2.30.